The summed E-state index contributed by atoms with van der Waals surface area (Å²) in [5.74, 6) is -6.28. The molecule has 2 rings (SSSR count). The Bertz CT molecular complexity index is 899. The van der Waals surface area contributed by atoms with Crippen molar-refractivity contribution in [1.82, 2.24) is 9.99 Å². The molecule has 0 aromatic heterocycles. The van der Waals surface area contributed by atoms with Crippen molar-refractivity contribution >= 4 is 19.3 Å². The lowest BCUT2D eigenvalue weighted by atomic mass is 9.80. The monoisotopic (exact) mass is 498 g/mol. The van der Waals surface area contributed by atoms with Crippen molar-refractivity contribution in [3.63, 3.8) is 0 Å². The van der Waals surface area contributed by atoms with Crippen LogP contribution in [0.3, 0.4) is 0 Å². The molecular weight excluding hydrogens is 468 g/mol. The normalized spacial score (nSPS) is 30.0. The standard InChI is InChI=1S/C19H30F3N4O6P/c1-10(2)31-16(28)11(3)25-33(6,29)30-8-14-18(5,9-27)19(21,22)17(32-14)26-7-13(20)15(23)24-12(26)4/h7,10-11,14,17,27H,4,8-9H2,1-3,5-6H3,(H2,23,24)(H,25,29)/t11-,14+,17+,18-,33?/m0/s1. The molecule has 5 atom stereocenters. The van der Waals surface area contributed by atoms with Gasteiger partial charge in [0.1, 0.15) is 11.9 Å². The van der Waals surface area contributed by atoms with E-state index in [-0.39, 0.29) is 5.82 Å². The van der Waals surface area contributed by atoms with Crippen LogP contribution in [0.4, 0.5) is 13.2 Å². The first-order chi connectivity index (χ1) is 15.1. The van der Waals surface area contributed by atoms with Gasteiger partial charge in [-0.1, -0.05) is 6.58 Å². The molecule has 2 aliphatic rings. The van der Waals surface area contributed by atoms with E-state index in [4.69, 9.17) is 19.7 Å². The van der Waals surface area contributed by atoms with Gasteiger partial charge in [-0.15, -0.1) is 0 Å². The molecule has 0 spiro atoms. The maximum atomic E-state index is 15.3. The number of amidine groups is 1. The number of aliphatic hydroxyl groups is 1. The van der Waals surface area contributed by atoms with E-state index in [0.29, 0.717) is 11.1 Å². The summed E-state index contributed by atoms with van der Waals surface area (Å²) in [6, 6.07) is -1.00. The van der Waals surface area contributed by atoms with Gasteiger partial charge in [0.25, 0.3) is 7.52 Å². The Kier molecular flexibility index (Phi) is 8.07. The fourth-order valence-corrected chi connectivity index (χ4v) is 4.56. The highest BCUT2D eigenvalue weighted by Crippen LogP contribution is 2.53. The zero-order valence-electron chi connectivity index (χ0n) is 19.0. The molecule has 1 fully saturated rings. The Hall–Kier alpha value is -1.92. The smallest absolute Gasteiger partial charge is 0.323 e. The zero-order chi connectivity index (χ0) is 25.4. The Morgan fingerprint density at radius 3 is 2.64 bits per heavy atom. The minimum Gasteiger partial charge on any atom is -0.462 e. The molecule has 1 unspecified atom stereocenters. The van der Waals surface area contributed by atoms with Crippen molar-refractivity contribution < 1.29 is 41.6 Å². The van der Waals surface area contributed by atoms with E-state index in [9.17, 15) is 18.9 Å². The van der Waals surface area contributed by atoms with Crippen LogP contribution in [0, 0.1) is 5.41 Å². The number of nitrogens with two attached hydrogens (primary N) is 1. The van der Waals surface area contributed by atoms with Gasteiger partial charge in [-0.05, 0) is 27.7 Å². The van der Waals surface area contributed by atoms with Crippen LogP contribution in [-0.2, 0) is 23.4 Å². The molecule has 0 amide bonds. The van der Waals surface area contributed by atoms with Crippen molar-refractivity contribution in [1.29, 1.82) is 0 Å². The number of esters is 1. The van der Waals surface area contributed by atoms with Crippen molar-refractivity contribution in [2.45, 2.75) is 58.1 Å². The highest BCUT2D eigenvalue weighted by atomic mass is 31.2. The number of rotatable bonds is 9. The Labute approximate surface area is 190 Å². The summed E-state index contributed by atoms with van der Waals surface area (Å²) in [7, 11) is -3.69. The van der Waals surface area contributed by atoms with Crippen molar-refractivity contribution in [2.24, 2.45) is 16.1 Å². The summed E-state index contributed by atoms with van der Waals surface area (Å²) in [6.45, 7) is 8.75. The lowest BCUT2D eigenvalue weighted by Gasteiger charge is -2.36. The molecule has 4 N–H and O–H groups in total. The Balaban J connectivity index is 2.17. The van der Waals surface area contributed by atoms with Gasteiger partial charge in [0.15, 0.2) is 11.7 Å². The second-order valence-corrected chi connectivity index (χ2v) is 10.7. The third-order valence-corrected chi connectivity index (χ3v) is 6.81. The third kappa shape index (κ3) is 5.60. The van der Waals surface area contributed by atoms with Crippen LogP contribution in [-0.4, -0.2) is 72.1 Å². The first-order valence-electron chi connectivity index (χ1n) is 10.1. The SMILES string of the molecule is C=C1N=C(N)C(F)=CN1[C@@H]1O[C@H](COP(C)(=O)N[C@@H](C)C(=O)OC(C)C)[C@](C)(CO)C1(F)F. The molecule has 2 heterocycles. The van der Waals surface area contributed by atoms with Crippen molar-refractivity contribution in [3.05, 3.63) is 24.4 Å². The quantitative estimate of drug-likeness (QED) is 0.322. The summed E-state index contributed by atoms with van der Waals surface area (Å²) in [4.78, 5) is 16.2. The number of ether oxygens (including phenoxy) is 2. The summed E-state index contributed by atoms with van der Waals surface area (Å²) >= 11 is 0. The molecule has 33 heavy (non-hydrogen) atoms. The van der Waals surface area contributed by atoms with Crippen molar-refractivity contribution in [3.8, 4) is 0 Å². The average Bonchev–Trinajstić information content (AvgIpc) is 2.88. The second-order valence-electron chi connectivity index (χ2n) is 8.45. The first-order valence-corrected chi connectivity index (χ1v) is 12.2. The van der Waals surface area contributed by atoms with E-state index in [1.165, 1.54) is 6.92 Å². The summed E-state index contributed by atoms with van der Waals surface area (Å²) in [5, 5.41) is 12.3. The molecule has 0 aromatic rings. The predicted octanol–water partition coefficient (Wildman–Crippen LogP) is 2.07. The van der Waals surface area contributed by atoms with E-state index < -0.39 is 74.2 Å². The number of nitrogens with zero attached hydrogens (tertiary/aromatic N) is 2. The number of aliphatic hydroxyl groups excluding tert-OH is 1. The summed E-state index contributed by atoms with van der Waals surface area (Å²) < 4.78 is 73.2. The molecule has 1 saturated heterocycles. The van der Waals surface area contributed by atoms with E-state index >= 15 is 8.78 Å². The zero-order valence-corrected chi connectivity index (χ0v) is 19.9. The lowest BCUT2D eigenvalue weighted by molar-refractivity contribution is -0.161. The Morgan fingerprint density at radius 1 is 1.48 bits per heavy atom. The molecule has 14 heteroatoms. The van der Waals surface area contributed by atoms with Gasteiger partial charge in [-0.3, -0.25) is 14.3 Å². The molecule has 10 nitrogen and oxygen atoms in total. The van der Waals surface area contributed by atoms with Crippen LogP contribution >= 0.6 is 7.52 Å². The van der Waals surface area contributed by atoms with Crippen LogP contribution in [0.25, 0.3) is 0 Å². The van der Waals surface area contributed by atoms with E-state index in [1.54, 1.807) is 13.8 Å². The van der Waals surface area contributed by atoms with Gasteiger partial charge < -0.3 is 24.8 Å². The van der Waals surface area contributed by atoms with E-state index in [0.717, 1.165) is 13.6 Å². The van der Waals surface area contributed by atoms with Gasteiger partial charge in [0, 0.05) is 12.9 Å². The number of hydrogen-bond donors (Lipinski definition) is 3. The highest BCUT2D eigenvalue weighted by molar-refractivity contribution is 7.56. The molecule has 188 valence electrons. The third-order valence-electron chi connectivity index (χ3n) is 5.31. The average molecular weight is 498 g/mol. The van der Waals surface area contributed by atoms with Gasteiger partial charge >= 0.3 is 11.9 Å². The Morgan fingerprint density at radius 2 is 2.09 bits per heavy atom. The number of hydrogen-bond acceptors (Lipinski definition) is 9. The molecule has 0 aliphatic carbocycles. The van der Waals surface area contributed by atoms with Gasteiger partial charge in [-0.2, -0.15) is 0 Å². The van der Waals surface area contributed by atoms with Gasteiger partial charge in [0.2, 0.25) is 6.23 Å². The van der Waals surface area contributed by atoms with Crippen LogP contribution < -0.4 is 10.8 Å². The van der Waals surface area contributed by atoms with E-state index in [1.807, 2.05) is 0 Å². The molecular formula is C19H30F3N4O6P. The summed E-state index contributed by atoms with van der Waals surface area (Å²) in [5.41, 5.74) is 3.15. The van der Waals surface area contributed by atoms with E-state index in [2.05, 4.69) is 16.7 Å². The molecule has 2 aliphatic heterocycles. The molecule has 0 aromatic carbocycles. The topological polar surface area (TPSA) is 136 Å². The maximum absolute atomic E-state index is 15.3. The van der Waals surface area contributed by atoms with Crippen LogP contribution in [0.1, 0.15) is 27.7 Å². The van der Waals surface area contributed by atoms with Gasteiger partial charge in [-0.25, -0.2) is 23.3 Å². The molecule has 0 bridgehead atoms. The lowest BCUT2D eigenvalue weighted by Crippen LogP contribution is -2.52. The maximum Gasteiger partial charge on any atom is 0.323 e. The number of nitrogens with one attached hydrogen (secondary N) is 1. The fourth-order valence-electron chi connectivity index (χ4n) is 3.26. The number of alkyl halides is 2. The minimum absolute atomic E-state index is 0.291. The highest BCUT2D eigenvalue weighted by Gasteiger charge is 2.68. The summed E-state index contributed by atoms with van der Waals surface area (Å²) in [6.07, 6.45) is -3.28. The largest absolute Gasteiger partial charge is 0.462 e. The van der Waals surface area contributed by atoms with Crippen molar-refractivity contribution in [2.75, 3.05) is 19.9 Å². The number of carbonyl (C=O) groups excluding carboxylic acids is 1. The van der Waals surface area contributed by atoms with Crippen LogP contribution in [0.15, 0.2) is 29.4 Å². The second kappa shape index (κ2) is 9.75. The number of aliphatic imine (C=N–C) groups is 1. The number of carbonyl (C=O) groups is 1. The fraction of sp³-hybridized carbons (Fsp3) is 0.684. The predicted molar refractivity (Wildman–Crippen MR) is 114 cm³/mol. The molecule has 0 radical (unpaired) electrons. The van der Waals surface area contributed by atoms with Crippen LogP contribution in [0.2, 0.25) is 0 Å². The minimum atomic E-state index is -3.74. The first kappa shape index (κ1) is 27.3. The van der Waals surface area contributed by atoms with Crippen LogP contribution in [0.5, 0.6) is 0 Å². The van der Waals surface area contributed by atoms with Gasteiger partial charge in [0.05, 0.1) is 30.8 Å². The number of halogens is 3. The molecule has 0 saturated carbocycles.